The topological polar surface area (TPSA) is 88.9 Å². The number of pyridine rings is 1. The van der Waals surface area contributed by atoms with Crippen LogP contribution in [-0.4, -0.2) is 10.1 Å². The number of rotatable bonds is 3. The van der Waals surface area contributed by atoms with E-state index in [1.54, 1.807) is 18.2 Å². The van der Waals surface area contributed by atoms with Gasteiger partial charge in [0.25, 0.3) is 5.56 Å². The summed E-state index contributed by atoms with van der Waals surface area (Å²) in [5.41, 5.74) is 1.75. The minimum Gasteiger partial charge on any atom is -0.506 e. The molecular formula is C17H12ClN3O2. The molecule has 0 fully saturated rings. The van der Waals surface area contributed by atoms with E-state index >= 15 is 0 Å². The number of phenolic OH excluding ortho intramolecular Hbond substituents is 1. The van der Waals surface area contributed by atoms with E-state index in [0.29, 0.717) is 21.8 Å². The van der Waals surface area contributed by atoms with E-state index < -0.39 is 0 Å². The molecule has 114 valence electrons. The molecule has 0 unspecified atom stereocenters. The van der Waals surface area contributed by atoms with E-state index in [1.807, 2.05) is 18.2 Å². The van der Waals surface area contributed by atoms with Crippen LogP contribution in [-0.2, 0) is 6.54 Å². The van der Waals surface area contributed by atoms with Crippen molar-refractivity contribution in [3.8, 4) is 11.8 Å². The van der Waals surface area contributed by atoms with Gasteiger partial charge in [-0.3, -0.25) is 4.79 Å². The van der Waals surface area contributed by atoms with E-state index in [9.17, 15) is 9.90 Å². The number of fused-ring (bicyclic) bond motifs is 1. The molecule has 0 atom stereocenters. The van der Waals surface area contributed by atoms with E-state index in [1.165, 1.54) is 12.1 Å². The lowest BCUT2D eigenvalue weighted by atomic mass is 10.1. The largest absolute Gasteiger partial charge is 0.506 e. The number of aromatic nitrogens is 1. The van der Waals surface area contributed by atoms with Crippen LogP contribution in [0.5, 0.6) is 5.75 Å². The number of hydrogen-bond donors (Lipinski definition) is 3. The maximum Gasteiger partial charge on any atom is 0.253 e. The van der Waals surface area contributed by atoms with Gasteiger partial charge >= 0.3 is 0 Å². The van der Waals surface area contributed by atoms with Gasteiger partial charge < -0.3 is 15.4 Å². The van der Waals surface area contributed by atoms with Gasteiger partial charge in [-0.25, -0.2) is 0 Å². The molecule has 0 radical (unpaired) electrons. The van der Waals surface area contributed by atoms with Crippen LogP contribution in [0.2, 0.25) is 5.02 Å². The van der Waals surface area contributed by atoms with Gasteiger partial charge in [0.1, 0.15) is 11.8 Å². The molecule has 3 aromatic rings. The number of para-hydroxylation sites is 1. The van der Waals surface area contributed by atoms with Crippen molar-refractivity contribution in [3.63, 3.8) is 0 Å². The van der Waals surface area contributed by atoms with Crippen molar-refractivity contribution >= 4 is 28.2 Å². The van der Waals surface area contributed by atoms with Gasteiger partial charge in [-0.05, 0) is 24.3 Å². The first-order valence-electron chi connectivity index (χ1n) is 6.86. The number of nitrogens with zero attached hydrogens (tertiary/aromatic N) is 1. The summed E-state index contributed by atoms with van der Waals surface area (Å²) in [7, 11) is 0. The monoisotopic (exact) mass is 325 g/mol. The smallest absolute Gasteiger partial charge is 0.253 e. The summed E-state index contributed by atoms with van der Waals surface area (Å²) in [6.07, 6.45) is 0. The van der Waals surface area contributed by atoms with Crippen LogP contribution in [0.3, 0.4) is 0 Å². The Kier molecular flexibility index (Phi) is 3.92. The van der Waals surface area contributed by atoms with Crippen LogP contribution in [0.25, 0.3) is 10.9 Å². The molecule has 0 saturated heterocycles. The van der Waals surface area contributed by atoms with Crippen molar-refractivity contribution in [1.29, 1.82) is 5.26 Å². The normalized spacial score (nSPS) is 10.4. The molecule has 0 aliphatic heterocycles. The number of hydrogen-bond acceptors (Lipinski definition) is 4. The summed E-state index contributed by atoms with van der Waals surface area (Å²) in [5, 5.41) is 22.9. The second-order valence-electron chi connectivity index (χ2n) is 5.03. The zero-order valence-electron chi connectivity index (χ0n) is 11.9. The van der Waals surface area contributed by atoms with Gasteiger partial charge in [0.15, 0.2) is 0 Å². The Labute approximate surface area is 136 Å². The van der Waals surface area contributed by atoms with Crippen molar-refractivity contribution in [3.05, 3.63) is 69.0 Å². The predicted octanol–water partition coefficient (Wildman–Crippen LogP) is 3.37. The number of phenols is 1. The van der Waals surface area contributed by atoms with Crippen LogP contribution in [0, 0.1) is 11.3 Å². The second-order valence-corrected chi connectivity index (χ2v) is 5.43. The van der Waals surface area contributed by atoms with Crippen LogP contribution < -0.4 is 10.9 Å². The molecule has 0 amide bonds. The van der Waals surface area contributed by atoms with Gasteiger partial charge in [-0.1, -0.05) is 23.7 Å². The van der Waals surface area contributed by atoms with Crippen molar-refractivity contribution < 1.29 is 5.11 Å². The summed E-state index contributed by atoms with van der Waals surface area (Å²) in [4.78, 5) is 14.9. The molecule has 0 aliphatic rings. The van der Waals surface area contributed by atoms with Crippen LogP contribution in [0.4, 0.5) is 5.69 Å². The number of nitriles is 1. The predicted molar refractivity (Wildman–Crippen MR) is 89.7 cm³/mol. The average molecular weight is 326 g/mol. The third-order valence-corrected chi connectivity index (χ3v) is 3.82. The van der Waals surface area contributed by atoms with Crippen LogP contribution >= 0.6 is 11.6 Å². The first-order chi connectivity index (χ1) is 11.1. The number of anilines is 1. The summed E-state index contributed by atoms with van der Waals surface area (Å²) < 4.78 is 0. The zero-order valence-corrected chi connectivity index (χ0v) is 12.7. The molecule has 0 bridgehead atoms. The van der Waals surface area contributed by atoms with Gasteiger partial charge in [0.2, 0.25) is 0 Å². The molecule has 0 aliphatic carbocycles. The van der Waals surface area contributed by atoms with E-state index in [0.717, 1.165) is 5.39 Å². The molecule has 23 heavy (non-hydrogen) atoms. The number of aromatic amines is 1. The van der Waals surface area contributed by atoms with Gasteiger partial charge in [-0.15, -0.1) is 0 Å². The van der Waals surface area contributed by atoms with Crippen LogP contribution in [0.1, 0.15) is 11.1 Å². The molecule has 3 rings (SSSR count). The first kappa shape index (κ1) is 14.9. The fourth-order valence-corrected chi connectivity index (χ4v) is 2.53. The van der Waals surface area contributed by atoms with E-state index in [2.05, 4.69) is 10.3 Å². The van der Waals surface area contributed by atoms with E-state index in [4.69, 9.17) is 16.9 Å². The molecule has 2 aromatic carbocycles. The molecule has 5 nitrogen and oxygen atoms in total. The fourth-order valence-electron chi connectivity index (χ4n) is 2.30. The average Bonchev–Trinajstić information content (AvgIpc) is 2.54. The number of halogens is 1. The summed E-state index contributed by atoms with van der Waals surface area (Å²) in [6, 6.07) is 13.7. The SMILES string of the molecule is N#Cc1ccc(NCc2cc3cccc(Cl)c3[nH]c2=O)cc1O. The molecular weight excluding hydrogens is 314 g/mol. The molecule has 3 N–H and O–H groups in total. The summed E-state index contributed by atoms with van der Waals surface area (Å²) in [6.45, 7) is 0.281. The van der Waals surface area contributed by atoms with Gasteiger partial charge in [0.05, 0.1) is 16.1 Å². The Morgan fingerprint density at radius 3 is 2.83 bits per heavy atom. The Balaban J connectivity index is 1.87. The number of aromatic hydroxyl groups is 1. The fraction of sp³-hybridized carbons (Fsp3) is 0.0588. The maximum absolute atomic E-state index is 12.1. The summed E-state index contributed by atoms with van der Waals surface area (Å²) >= 11 is 6.06. The molecule has 0 saturated carbocycles. The molecule has 6 heteroatoms. The molecule has 1 aromatic heterocycles. The quantitative estimate of drug-likeness (QED) is 0.688. The first-order valence-corrected chi connectivity index (χ1v) is 7.23. The van der Waals surface area contributed by atoms with Gasteiger partial charge in [0, 0.05) is 29.2 Å². The molecule has 0 spiro atoms. The maximum atomic E-state index is 12.1. The third kappa shape index (κ3) is 2.98. The summed E-state index contributed by atoms with van der Waals surface area (Å²) in [5.74, 6) is -0.100. The van der Waals surface area contributed by atoms with Crippen molar-refractivity contribution in [2.24, 2.45) is 0 Å². The minimum atomic E-state index is -0.226. The van der Waals surface area contributed by atoms with Crippen LogP contribution in [0.15, 0.2) is 47.3 Å². The lowest BCUT2D eigenvalue weighted by Gasteiger charge is -2.08. The van der Waals surface area contributed by atoms with Crippen molar-refractivity contribution in [2.75, 3.05) is 5.32 Å². The van der Waals surface area contributed by atoms with Crippen molar-refractivity contribution in [1.82, 2.24) is 4.98 Å². The second kappa shape index (κ2) is 6.03. The van der Waals surface area contributed by atoms with Gasteiger partial charge in [-0.2, -0.15) is 5.26 Å². The highest BCUT2D eigenvalue weighted by Crippen LogP contribution is 2.22. The Morgan fingerprint density at radius 1 is 1.26 bits per heavy atom. The minimum absolute atomic E-state index is 0.100. The zero-order chi connectivity index (χ0) is 16.4. The van der Waals surface area contributed by atoms with Crippen molar-refractivity contribution in [2.45, 2.75) is 6.54 Å². The highest BCUT2D eigenvalue weighted by atomic mass is 35.5. The van der Waals surface area contributed by atoms with E-state index in [-0.39, 0.29) is 23.4 Å². The number of benzene rings is 2. The number of H-pyrrole nitrogens is 1. The third-order valence-electron chi connectivity index (χ3n) is 3.51. The Hall–Kier alpha value is -2.97. The Morgan fingerprint density at radius 2 is 2.09 bits per heavy atom. The molecule has 1 heterocycles. The highest BCUT2D eigenvalue weighted by molar-refractivity contribution is 6.35. The number of nitrogens with one attached hydrogen (secondary N) is 2. The Bertz CT molecular complexity index is 989. The lowest BCUT2D eigenvalue weighted by molar-refractivity contribution is 0.474. The highest BCUT2D eigenvalue weighted by Gasteiger charge is 2.06. The standard InChI is InChI=1S/C17H12ClN3O2/c18-14-3-1-2-10-6-12(17(23)21-16(10)14)9-20-13-5-4-11(8-19)15(22)7-13/h1-7,20,22H,9H2,(H,21,23). The lowest BCUT2D eigenvalue weighted by Crippen LogP contribution is -2.15.